The molecular weight excluding hydrogens is 340 g/mol. The molecule has 0 spiro atoms. The number of nitrogens with one attached hydrogen (secondary N) is 1. The summed E-state index contributed by atoms with van der Waals surface area (Å²) < 4.78 is 23.6. The molecule has 2 saturated heterocycles. The maximum Gasteiger partial charge on any atom is 0.193 e. The molecule has 0 aliphatic carbocycles. The lowest BCUT2D eigenvalue weighted by atomic mass is 10.1. The summed E-state index contributed by atoms with van der Waals surface area (Å²) in [6, 6.07) is 0. The largest absolute Gasteiger partial charge is 0.393 e. The predicted molar refractivity (Wildman–Crippen MR) is 102 cm³/mol. The lowest BCUT2D eigenvalue weighted by molar-refractivity contribution is 0.0824. The fraction of sp³-hybridized carbons (Fsp3) is 0.941. The molecule has 0 aromatic heterocycles. The summed E-state index contributed by atoms with van der Waals surface area (Å²) in [6.45, 7) is 11.0. The van der Waals surface area contributed by atoms with E-state index < -0.39 is 14.6 Å². The molecule has 0 aromatic carbocycles. The van der Waals surface area contributed by atoms with E-state index in [0.717, 1.165) is 57.9 Å². The number of hydrogen-bond acceptors (Lipinski definition) is 5. The number of aliphatic imine (C=N–C) groups is 1. The molecule has 146 valence electrons. The monoisotopic (exact) mass is 374 g/mol. The van der Waals surface area contributed by atoms with Crippen molar-refractivity contribution in [2.24, 2.45) is 4.99 Å². The zero-order valence-electron chi connectivity index (χ0n) is 15.9. The molecule has 2 aliphatic heterocycles. The molecule has 2 aliphatic rings. The zero-order valence-corrected chi connectivity index (χ0v) is 16.7. The molecule has 2 heterocycles. The Labute approximate surface area is 152 Å². The second-order valence-corrected chi connectivity index (χ2v) is 10.4. The predicted octanol–water partition coefficient (Wildman–Crippen LogP) is 0.308. The summed E-state index contributed by atoms with van der Waals surface area (Å²) in [5, 5.41) is 12.8. The van der Waals surface area contributed by atoms with Crippen molar-refractivity contribution in [1.82, 2.24) is 15.1 Å². The van der Waals surface area contributed by atoms with E-state index in [-0.39, 0.29) is 11.9 Å². The fourth-order valence-electron chi connectivity index (χ4n) is 3.37. The van der Waals surface area contributed by atoms with E-state index in [1.54, 1.807) is 13.8 Å². The number of aliphatic hydroxyl groups excluding tert-OH is 1. The second kappa shape index (κ2) is 8.68. The smallest absolute Gasteiger partial charge is 0.193 e. The van der Waals surface area contributed by atoms with Crippen LogP contribution in [0.15, 0.2) is 4.99 Å². The highest BCUT2D eigenvalue weighted by Crippen LogP contribution is 2.23. The number of nitrogens with zero attached hydrogens (tertiary/aromatic N) is 3. The standard InChI is InChI=1S/C17H34N4O3S/c1-4-18-16(21-12-13-25(23,24)17(2,3)14-21)19-8-5-9-20-10-6-15(22)7-11-20/h15,22H,4-14H2,1-3H3,(H,18,19). The molecule has 25 heavy (non-hydrogen) atoms. The first kappa shape index (κ1) is 20.5. The van der Waals surface area contributed by atoms with Gasteiger partial charge in [-0.25, -0.2) is 8.42 Å². The highest BCUT2D eigenvalue weighted by atomic mass is 32.2. The Kier molecular flexibility index (Phi) is 7.10. The summed E-state index contributed by atoms with van der Waals surface area (Å²) in [4.78, 5) is 9.16. The molecule has 8 heteroatoms. The van der Waals surface area contributed by atoms with Crippen molar-refractivity contribution in [3.8, 4) is 0 Å². The minimum atomic E-state index is -3.04. The van der Waals surface area contributed by atoms with Gasteiger partial charge in [0, 0.05) is 39.3 Å². The highest BCUT2D eigenvalue weighted by Gasteiger charge is 2.40. The van der Waals surface area contributed by atoms with Gasteiger partial charge in [0.1, 0.15) is 0 Å². The summed E-state index contributed by atoms with van der Waals surface area (Å²) in [5.41, 5.74) is 0. The van der Waals surface area contributed by atoms with Gasteiger partial charge in [-0.1, -0.05) is 0 Å². The minimum absolute atomic E-state index is 0.131. The Morgan fingerprint density at radius 3 is 2.56 bits per heavy atom. The van der Waals surface area contributed by atoms with E-state index in [1.807, 2.05) is 6.92 Å². The summed E-state index contributed by atoms with van der Waals surface area (Å²) in [5.74, 6) is 1.00. The van der Waals surface area contributed by atoms with Gasteiger partial charge in [0.15, 0.2) is 15.8 Å². The molecule has 7 nitrogen and oxygen atoms in total. The number of rotatable bonds is 5. The third-order valence-corrected chi connectivity index (χ3v) is 7.66. The van der Waals surface area contributed by atoms with Crippen LogP contribution in [0.3, 0.4) is 0 Å². The Morgan fingerprint density at radius 2 is 1.96 bits per heavy atom. The summed E-state index contributed by atoms with van der Waals surface area (Å²) >= 11 is 0. The molecule has 2 rings (SSSR count). The molecule has 2 fully saturated rings. The van der Waals surface area contributed by atoms with Crippen LogP contribution in [0.4, 0.5) is 0 Å². The second-order valence-electron chi connectivity index (χ2n) is 7.66. The minimum Gasteiger partial charge on any atom is -0.393 e. The average Bonchev–Trinajstić information content (AvgIpc) is 2.55. The number of aliphatic hydroxyl groups is 1. The van der Waals surface area contributed by atoms with E-state index >= 15 is 0 Å². The average molecular weight is 375 g/mol. The quantitative estimate of drug-likeness (QED) is 0.409. The van der Waals surface area contributed by atoms with E-state index in [1.165, 1.54) is 0 Å². The van der Waals surface area contributed by atoms with Crippen LogP contribution >= 0.6 is 0 Å². The zero-order chi connectivity index (χ0) is 18.5. The molecule has 0 bridgehead atoms. The van der Waals surface area contributed by atoms with Gasteiger partial charge in [-0.3, -0.25) is 4.99 Å². The fourth-order valence-corrected chi connectivity index (χ4v) is 4.74. The van der Waals surface area contributed by atoms with Crippen LogP contribution < -0.4 is 5.32 Å². The van der Waals surface area contributed by atoms with Crippen LogP contribution in [0.5, 0.6) is 0 Å². The Bertz CT molecular complexity index is 554. The normalized spacial score (nSPS) is 25.1. The summed E-state index contributed by atoms with van der Waals surface area (Å²) in [6.07, 6.45) is 2.57. The van der Waals surface area contributed by atoms with E-state index in [2.05, 4.69) is 15.1 Å². The van der Waals surface area contributed by atoms with Crippen LogP contribution in [-0.2, 0) is 9.84 Å². The van der Waals surface area contributed by atoms with Crippen molar-refractivity contribution in [3.05, 3.63) is 0 Å². The van der Waals surface area contributed by atoms with Gasteiger partial charge in [-0.05, 0) is 46.6 Å². The molecular formula is C17H34N4O3S. The maximum atomic E-state index is 12.2. The molecule has 0 unspecified atom stereocenters. The first-order chi connectivity index (χ1) is 11.7. The third-order valence-electron chi connectivity index (χ3n) is 5.13. The molecule has 0 radical (unpaired) electrons. The van der Waals surface area contributed by atoms with Gasteiger partial charge < -0.3 is 20.2 Å². The first-order valence-corrected chi connectivity index (χ1v) is 11.1. The van der Waals surface area contributed by atoms with Crippen LogP contribution in [0.2, 0.25) is 0 Å². The third kappa shape index (κ3) is 5.56. The Morgan fingerprint density at radius 1 is 1.28 bits per heavy atom. The number of sulfone groups is 1. The van der Waals surface area contributed by atoms with Crippen LogP contribution in [0.1, 0.15) is 40.0 Å². The number of guanidine groups is 1. The lowest BCUT2D eigenvalue weighted by Crippen LogP contribution is -2.57. The molecule has 2 N–H and O–H groups in total. The van der Waals surface area contributed by atoms with Crippen molar-refractivity contribution in [1.29, 1.82) is 0 Å². The van der Waals surface area contributed by atoms with Crippen LogP contribution in [-0.4, -0.2) is 91.7 Å². The van der Waals surface area contributed by atoms with Crippen LogP contribution in [0, 0.1) is 0 Å². The van der Waals surface area contributed by atoms with Gasteiger partial charge >= 0.3 is 0 Å². The van der Waals surface area contributed by atoms with Crippen LogP contribution in [0.25, 0.3) is 0 Å². The lowest BCUT2D eigenvalue weighted by Gasteiger charge is -2.39. The number of likely N-dealkylation sites (tertiary alicyclic amines) is 1. The molecule has 0 amide bonds. The Balaban J connectivity index is 1.86. The van der Waals surface area contributed by atoms with Crippen molar-refractivity contribution >= 4 is 15.8 Å². The van der Waals surface area contributed by atoms with Gasteiger partial charge in [-0.15, -0.1) is 0 Å². The highest BCUT2D eigenvalue weighted by molar-refractivity contribution is 7.92. The van der Waals surface area contributed by atoms with Crippen molar-refractivity contribution < 1.29 is 13.5 Å². The number of hydrogen-bond donors (Lipinski definition) is 2. The molecule has 0 saturated carbocycles. The Hall–Kier alpha value is -0.860. The van der Waals surface area contributed by atoms with Crippen molar-refractivity contribution in [2.45, 2.75) is 50.9 Å². The van der Waals surface area contributed by atoms with Crippen molar-refractivity contribution in [3.63, 3.8) is 0 Å². The summed E-state index contributed by atoms with van der Waals surface area (Å²) in [7, 11) is -3.04. The van der Waals surface area contributed by atoms with E-state index in [0.29, 0.717) is 13.1 Å². The topological polar surface area (TPSA) is 85.2 Å². The molecule has 0 aromatic rings. The molecule has 0 atom stereocenters. The van der Waals surface area contributed by atoms with Gasteiger partial charge in [-0.2, -0.15) is 0 Å². The first-order valence-electron chi connectivity index (χ1n) is 9.41. The van der Waals surface area contributed by atoms with E-state index in [4.69, 9.17) is 4.99 Å². The van der Waals surface area contributed by atoms with Gasteiger partial charge in [0.2, 0.25) is 0 Å². The maximum absolute atomic E-state index is 12.2. The number of piperidine rings is 1. The van der Waals surface area contributed by atoms with Gasteiger partial charge in [0.25, 0.3) is 0 Å². The SMILES string of the molecule is CCNC(=NCCCN1CCC(O)CC1)N1CCS(=O)(=O)C(C)(C)C1. The van der Waals surface area contributed by atoms with Crippen molar-refractivity contribution in [2.75, 3.05) is 51.6 Å². The van der Waals surface area contributed by atoms with E-state index in [9.17, 15) is 13.5 Å². The van der Waals surface area contributed by atoms with Gasteiger partial charge in [0.05, 0.1) is 16.6 Å².